The van der Waals surface area contributed by atoms with Gasteiger partial charge in [0.1, 0.15) is 6.10 Å². The number of Topliss-reactive ketones (excluding diaryl/α,β-unsaturated/α-hetero) is 1. The zero-order valence-corrected chi connectivity index (χ0v) is 14.9. The molecule has 0 fully saturated rings. The van der Waals surface area contributed by atoms with E-state index in [2.05, 4.69) is 13.8 Å². The maximum atomic E-state index is 12.3. The molecule has 0 aromatic heterocycles. The van der Waals surface area contributed by atoms with E-state index in [0.717, 1.165) is 18.6 Å². The SMILES string of the molecule is CC(C)SCCCCC(=O)C1=CC=C(C(=O)NN)[C@H](O)[C@]1(N)Cl. The van der Waals surface area contributed by atoms with Crippen molar-refractivity contribution >= 4 is 35.1 Å². The molecule has 23 heavy (non-hydrogen) atoms. The number of alkyl halides is 1. The lowest BCUT2D eigenvalue weighted by atomic mass is 9.86. The van der Waals surface area contributed by atoms with E-state index in [-0.39, 0.29) is 16.9 Å². The molecule has 0 aliphatic heterocycles. The Morgan fingerprint density at radius 3 is 2.65 bits per heavy atom. The Bertz CT molecular complexity index is 518. The quantitative estimate of drug-likeness (QED) is 0.128. The highest BCUT2D eigenvalue weighted by Crippen LogP contribution is 2.33. The number of unbranched alkanes of at least 4 members (excludes halogenated alkanes) is 1. The maximum absolute atomic E-state index is 12.3. The number of rotatable bonds is 8. The Labute approximate surface area is 145 Å². The molecule has 6 N–H and O–H groups in total. The molecule has 0 saturated carbocycles. The molecule has 0 aromatic rings. The zero-order chi connectivity index (χ0) is 17.6. The van der Waals surface area contributed by atoms with Gasteiger partial charge in [0.15, 0.2) is 10.8 Å². The Morgan fingerprint density at radius 1 is 1.43 bits per heavy atom. The average molecular weight is 362 g/mol. The van der Waals surface area contributed by atoms with Crippen LogP contribution in [0.25, 0.3) is 0 Å². The number of nitrogens with one attached hydrogen (secondary N) is 1. The van der Waals surface area contributed by atoms with Crippen LogP contribution in [0.4, 0.5) is 0 Å². The molecule has 0 spiro atoms. The van der Waals surface area contributed by atoms with Crippen molar-refractivity contribution in [2.24, 2.45) is 11.6 Å². The lowest BCUT2D eigenvalue weighted by molar-refractivity contribution is -0.119. The highest BCUT2D eigenvalue weighted by Gasteiger charge is 2.44. The third-order valence-corrected chi connectivity index (χ3v) is 5.08. The lowest BCUT2D eigenvalue weighted by Crippen LogP contribution is -2.54. The topological polar surface area (TPSA) is 118 Å². The van der Waals surface area contributed by atoms with Gasteiger partial charge in [-0.2, -0.15) is 11.8 Å². The molecule has 1 aliphatic carbocycles. The number of aliphatic hydroxyl groups is 1. The van der Waals surface area contributed by atoms with Gasteiger partial charge >= 0.3 is 0 Å². The molecule has 0 bridgehead atoms. The summed E-state index contributed by atoms with van der Waals surface area (Å²) in [6.45, 7) is 4.25. The van der Waals surface area contributed by atoms with E-state index in [4.69, 9.17) is 23.2 Å². The first kappa shape index (κ1) is 20.2. The predicted molar refractivity (Wildman–Crippen MR) is 93.7 cm³/mol. The molecule has 0 saturated heterocycles. The number of hydrogen-bond donors (Lipinski definition) is 4. The molecule has 6 nitrogen and oxygen atoms in total. The summed E-state index contributed by atoms with van der Waals surface area (Å²) in [6.07, 6.45) is 3.14. The lowest BCUT2D eigenvalue weighted by Gasteiger charge is -2.33. The number of carbonyl (C=O) groups is 2. The Kier molecular flexibility index (Phi) is 7.76. The summed E-state index contributed by atoms with van der Waals surface area (Å²) in [7, 11) is 0. The molecular weight excluding hydrogens is 338 g/mol. The van der Waals surface area contributed by atoms with Crippen LogP contribution in [0.5, 0.6) is 0 Å². The molecule has 0 aromatic carbocycles. The standard InChI is InChI=1S/C15H24ClN3O3S/c1-9(2)23-8-4-3-5-12(20)11-7-6-10(14(22)19-18)13(21)15(11,16)17/h6-7,9,13,21H,3-5,8,17-18H2,1-2H3,(H,19,22)/t13-,15-/m0/s1. The normalized spacial score (nSPS) is 24.2. The van der Waals surface area contributed by atoms with Gasteiger partial charge < -0.3 is 10.8 Å². The highest BCUT2D eigenvalue weighted by molar-refractivity contribution is 7.99. The van der Waals surface area contributed by atoms with Gasteiger partial charge in [-0.05, 0) is 23.8 Å². The summed E-state index contributed by atoms with van der Waals surface area (Å²) < 4.78 is 0. The third kappa shape index (κ3) is 5.32. The van der Waals surface area contributed by atoms with Crippen molar-refractivity contribution in [3.8, 4) is 0 Å². The largest absolute Gasteiger partial charge is 0.385 e. The van der Waals surface area contributed by atoms with Gasteiger partial charge in [0, 0.05) is 12.0 Å². The third-order valence-electron chi connectivity index (χ3n) is 3.48. The summed E-state index contributed by atoms with van der Waals surface area (Å²) in [5.41, 5.74) is 7.82. The zero-order valence-electron chi connectivity index (χ0n) is 13.3. The second kappa shape index (κ2) is 8.84. The Balaban J connectivity index is 2.70. The molecule has 0 radical (unpaired) electrons. The number of aliphatic hydroxyl groups excluding tert-OH is 1. The molecule has 1 amide bonds. The number of nitrogens with two attached hydrogens (primary N) is 2. The maximum Gasteiger partial charge on any atom is 0.263 e. The van der Waals surface area contributed by atoms with Gasteiger partial charge in [0.25, 0.3) is 5.91 Å². The summed E-state index contributed by atoms with van der Waals surface area (Å²) in [5.74, 6) is 5.11. The smallest absolute Gasteiger partial charge is 0.263 e. The van der Waals surface area contributed by atoms with Crippen LogP contribution in [0.2, 0.25) is 0 Å². The van der Waals surface area contributed by atoms with Crippen molar-refractivity contribution in [2.75, 3.05) is 5.75 Å². The van der Waals surface area contributed by atoms with E-state index in [1.807, 2.05) is 17.2 Å². The number of thioether (sulfide) groups is 1. The fourth-order valence-electron chi connectivity index (χ4n) is 2.20. The van der Waals surface area contributed by atoms with Crippen LogP contribution >= 0.6 is 23.4 Å². The van der Waals surface area contributed by atoms with E-state index < -0.39 is 17.0 Å². The first-order chi connectivity index (χ1) is 10.7. The van der Waals surface area contributed by atoms with Crippen molar-refractivity contribution in [3.63, 3.8) is 0 Å². The van der Waals surface area contributed by atoms with Crippen LogP contribution in [0.1, 0.15) is 33.1 Å². The van der Waals surface area contributed by atoms with Crippen molar-refractivity contribution in [2.45, 2.75) is 49.5 Å². The first-order valence-corrected chi connectivity index (χ1v) is 8.88. The van der Waals surface area contributed by atoms with E-state index in [1.54, 1.807) is 0 Å². The minimum Gasteiger partial charge on any atom is -0.385 e. The molecule has 0 heterocycles. The van der Waals surface area contributed by atoms with Crippen LogP contribution in [-0.4, -0.2) is 38.9 Å². The van der Waals surface area contributed by atoms with Crippen LogP contribution in [0.3, 0.4) is 0 Å². The predicted octanol–water partition coefficient (Wildman–Crippen LogP) is 0.978. The highest BCUT2D eigenvalue weighted by atomic mass is 35.5. The number of ketones is 1. The van der Waals surface area contributed by atoms with Gasteiger partial charge in [-0.3, -0.25) is 15.0 Å². The van der Waals surface area contributed by atoms with Crippen LogP contribution in [-0.2, 0) is 9.59 Å². The van der Waals surface area contributed by atoms with Crippen molar-refractivity contribution in [1.82, 2.24) is 5.43 Å². The molecule has 1 rings (SSSR count). The number of hydrogen-bond acceptors (Lipinski definition) is 6. The molecule has 130 valence electrons. The summed E-state index contributed by atoms with van der Waals surface area (Å²) in [4.78, 5) is 22.0. The van der Waals surface area contributed by atoms with Crippen molar-refractivity contribution in [1.29, 1.82) is 0 Å². The van der Waals surface area contributed by atoms with E-state index in [1.165, 1.54) is 12.2 Å². The number of allylic oxidation sites excluding steroid dienone is 2. The molecule has 8 heteroatoms. The number of amides is 1. The van der Waals surface area contributed by atoms with Crippen molar-refractivity contribution < 1.29 is 14.7 Å². The Hall–Kier alpha value is -0.860. The van der Waals surface area contributed by atoms with Gasteiger partial charge in [-0.25, -0.2) is 5.84 Å². The van der Waals surface area contributed by atoms with Gasteiger partial charge in [-0.1, -0.05) is 37.6 Å². The summed E-state index contributed by atoms with van der Waals surface area (Å²) >= 11 is 7.98. The number of halogens is 1. The monoisotopic (exact) mass is 361 g/mol. The van der Waals surface area contributed by atoms with Crippen LogP contribution in [0.15, 0.2) is 23.3 Å². The average Bonchev–Trinajstić information content (AvgIpc) is 2.48. The Morgan fingerprint density at radius 2 is 2.09 bits per heavy atom. The van der Waals surface area contributed by atoms with E-state index in [9.17, 15) is 14.7 Å². The fraction of sp³-hybridized carbons (Fsp3) is 0.600. The summed E-state index contributed by atoms with van der Waals surface area (Å²) in [6, 6.07) is 0. The number of hydrazine groups is 1. The summed E-state index contributed by atoms with van der Waals surface area (Å²) in [5, 5.41) is 10.7. The second-order valence-electron chi connectivity index (χ2n) is 5.65. The van der Waals surface area contributed by atoms with Crippen molar-refractivity contribution in [3.05, 3.63) is 23.3 Å². The van der Waals surface area contributed by atoms with Gasteiger partial charge in [0.05, 0.1) is 5.57 Å². The van der Waals surface area contributed by atoms with Crippen LogP contribution in [0, 0.1) is 0 Å². The van der Waals surface area contributed by atoms with Gasteiger partial charge in [-0.15, -0.1) is 0 Å². The minimum atomic E-state index is -1.83. The number of carbonyl (C=O) groups excluding carboxylic acids is 2. The van der Waals surface area contributed by atoms with E-state index >= 15 is 0 Å². The molecule has 1 aliphatic rings. The van der Waals surface area contributed by atoms with Gasteiger partial charge in [0.2, 0.25) is 0 Å². The minimum absolute atomic E-state index is 0.0742. The first-order valence-electron chi connectivity index (χ1n) is 7.45. The molecular formula is C15H24ClN3O3S. The van der Waals surface area contributed by atoms with E-state index in [0.29, 0.717) is 11.7 Å². The molecule has 2 atom stereocenters. The fourth-order valence-corrected chi connectivity index (χ4v) is 3.32. The molecule has 0 unspecified atom stereocenters. The second-order valence-corrected chi connectivity index (χ2v) is 7.96. The van der Waals surface area contributed by atoms with Crippen LogP contribution < -0.4 is 17.0 Å².